The lowest BCUT2D eigenvalue weighted by Crippen LogP contribution is -2.32. The molecule has 1 saturated heterocycles. The van der Waals surface area contributed by atoms with Gasteiger partial charge in [0.15, 0.2) is 5.11 Å². The van der Waals surface area contributed by atoms with Crippen molar-refractivity contribution < 1.29 is 13.9 Å². The van der Waals surface area contributed by atoms with Crippen LogP contribution in [0.5, 0.6) is 5.75 Å². The Morgan fingerprint density at radius 1 is 1.10 bits per heavy atom. The fourth-order valence-electron chi connectivity index (χ4n) is 5.18. The van der Waals surface area contributed by atoms with E-state index in [2.05, 4.69) is 45.0 Å². The molecule has 1 aliphatic heterocycles. The summed E-state index contributed by atoms with van der Waals surface area (Å²) in [6, 6.07) is 21.3. The predicted molar refractivity (Wildman–Crippen MR) is 154 cm³/mol. The van der Waals surface area contributed by atoms with Crippen molar-refractivity contribution in [2.75, 3.05) is 19.0 Å². The molecule has 2 atom stereocenters. The van der Waals surface area contributed by atoms with Crippen molar-refractivity contribution in [1.29, 1.82) is 0 Å². The van der Waals surface area contributed by atoms with Gasteiger partial charge in [-0.05, 0) is 98.4 Å². The van der Waals surface area contributed by atoms with E-state index in [4.69, 9.17) is 17.0 Å². The summed E-state index contributed by atoms with van der Waals surface area (Å²) in [6.07, 6.45) is 1.98. The standard InChI is InChI=1S/C30H30FN5O2S/c1-19-18-25(20(2)36(19)23-11-13-24(38-3)14-12-23)29-28(26-6-4-5-16-32-26)34-30(39)35(29)17-15-27(37)33-22-9-7-21(31)8-10-22/h4-14,16,18,28-29H,15,17H2,1-3H3,(H,33,37)(H,34,39). The van der Waals surface area contributed by atoms with Gasteiger partial charge in [0, 0.05) is 41.9 Å². The van der Waals surface area contributed by atoms with E-state index in [0.29, 0.717) is 17.3 Å². The molecule has 9 heteroatoms. The second-order valence-electron chi connectivity index (χ2n) is 9.48. The maximum atomic E-state index is 13.3. The molecule has 0 aliphatic carbocycles. The van der Waals surface area contributed by atoms with Crippen molar-refractivity contribution in [1.82, 2.24) is 19.8 Å². The van der Waals surface area contributed by atoms with E-state index in [1.165, 1.54) is 12.1 Å². The Morgan fingerprint density at radius 2 is 1.85 bits per heavy atom. The zero-order chi connectivity index (χ0) is 27.5. The Labute approximate surface area is 232 Å². The van der Waals surface area contributed by atoms with Crippen LogP contribution < -0.4 is 15.4 Å². The highest BCUT2D eigenvalue weighted by atomic mass is 32.1. The number of anilines is 1. The molecule has 2 aromatic carbocycles. The minimum absolute atomic E-state index is 0.173. The van der Waals surface area contributed by atoms with Gasteiger partial charge in [-0.3, -0.25) is 9.78 Å². The summed E-state index contributed by atoms with van der Waals surface area (Å²) >= 11 is 5.79. The average molecular weight is 544 g/mol. The average Bonchev–Trinajstić information content (AvgIpc) is 3.43. The van der Waals surface area contributed by atoms with Gasteiger partial charge in [0.05, 0.1) is 24.9 Å². The monoisotopic (exact) mass is 543 g/mol. The first-order valence-corrected chi connectivity index (χ1v) is 13.1. The van der Waals surface area contributed by atoms with Gasteiger partial charge in [0.25, 0.3) is 0 Å². The van der Waals surface area contributed by atoms with Crippen molar-refractivity contribution in [2.45, 2.75) is 32.4 Å². The quantitative estimate of drug-likeness (QED) is 0.281. The molecular weight excluding hydrogens is 513 g/mol. The Kier molecular flexibility index (Phi) is 7.60. The van der Waals surface area contributed by atoms with Crippen molar-refractivity contribution in [3.8, 4) is 11.4 Å². The van der Waals surface area contributed by atoms with E-state index in [1.807, 2.05) is 42.5 Å². The van der Waals surface area contributed by atoms with Crippen LogP contribution in [-0.2, 0) is 4.79 Å². The molecule has 39 heavy (non-hydrogen) atoms. The predicted octanol–water partition coefficient (Wildman–Crippen LogP) is 5.64. The lowest BCUT2D eigenvalue weighted by molar-refractivity contribution is -0.116. The molecule has 0 saturated carbocycles. The van der Waals surface area contributed by atoms with E-state index >= 15 is 0 Å². The molecule has 2 unspecified atom stereocenters. The number of halogens is 1. The number of aryl methyl sites for hydroxylation is 1. The summed E-state index contributed by atoms with van der Waals surface area (Å²) in [6.45, 7) is 4.58. The number of carbonyl (C=O) groups excluding carboxylic acids is 1. The lowest BCUT2D eigenvalue weighted by Gasteiger charge is -2.28. The van der Waals surface area contributed by atoms with Crippen molar-refractivity contribution >= 4 is 28.9 Å². The summed E-state index contributed by atoms with van der Waals surface area (Å²) in [7, 11) is 1.65. The van der Waals surface area contributed by atoms with Gasteiger partial charge in [0.2, 0.25) is 5.91 Å². The van der Waals surface area contributed by atoms with E-state index < -0.39 is 0 Å². The fraction of sp³-hybridized carbons (Fsp3) is 0.233. The van der Waals surface area contributed by atoms with Gasteiger partial charge in [-0.2, -0.15) is 0 Å². The third kappa shape index (κ3) is 5.49. The van der Waals surface area contributed by atoms with Crippen LogP contribution in [0.25, 0.3) is 5.69 Å². The number of carbonyl (C=O) groups is 1. The van der Waals surface area contributed by atoms with Crippen molar-refractivity contribution in [2.24, 2.45) is 0 Å². The summed E-state index contributed by atoms with van der Waals surface area (Å²) in [5.41, 5.74) is 5.72. The summed E-state index contributed by atoms with van der Waals surface area (Å²) in [5.74, 6) is 0.275. The van der Waals surface area contributed by atoms with E-state index in [9.17, 15) is 9.18 Å². The Bertz CT molecular complexity index is 1470. The molecule has 7 nitrogen and oxygen atoms in total. The minimum atomic E-state index is -0.350. The van der Waals surface area contributed by atoms with Crippen LogP contribution in [0, 0.1) is 19.7 Å². The van der Waals surface area contributed by atoms with Crippen LogP contribution in [-0.4, -0.2) is 39.1 Å². The SMILES string of the molecule is COc1ccc(-n2c(C)cc(C3C(c4ccccn4)NC(=S)N3CCC(=O)Nc3ccc(F)cc3)c2C)cc1. The van der Waals surface area contributed by atoms with Crippen LogP contribution in [0.15, 0.2) is 79.0 Å². The second kappa shape index (κ2) is 11.2. The van der Waals surface area contributed by atoms with E-state index in [1.54, 1.807) is 25.4 Å². The molecular formula is C30H30FN5O2S. The first kappa shape index (κ1) is 26.4. The number of ether oxygens (including phenoxy) is 1. The van der Waals surface area contributed by atoms with Crippen molar-refractivity contribution in [3.05, 3.63) is 107 Å². The summed E-state index contributed by atoms with van der Waals surface area (Å²) in [4.78, 5) is 19.5. The Balaban J connectivity index is 1.45. The number of benzene rings is 2. The molecule has 200 valence electrons. The number of amides is 1. The topological polar surface area (TPSA) is 71.4 Å². The molecule has 2 N–H and O–H groups in total. The number of nitrogens with one attached hydrogen (secondary N) is 2. The normalized spacial score (nSPS) is 16.7. The molecule has 0 spiro atoms. The second-order valence-corrected chi connectivity index (χ2v) is 9.87. The van der Waals surface area contributed by atoms with Gasteiger partial charge in [-0.1, -0.05) is 6.07 Å². The zero-order valence-corrected chi connectivity index (χ0v) is 22.8. The minimum Gasteiger partial charge on any atom is -0.497 e. The Hall–Kier alpha value is -4.24. The molecule has 3 heterocycles. The molecule has 4 aromatic rings. The zero-order valence-electron chi connectivity index (χ0n) is 22.0. The number of nitrogens with zero attached hydrogens (tertiary/aromatic N) is 3. The molecule has 1 amide bonds. The smallest absolute Gasteiger partial charge is 0.226 e. The lowest BCUT2D eigenvalue weighted by atomic mass is 9.96. The third-order valence-electron chi connectivity index (χ3n) is 7.03. The van der Waals surface area contributed by atoms with Gasteiger partial charge in [-0.25, -0.2) is 4.39 Å². The molecule has 2 aromatic heterocycles. The van der Waals surface area contributed by atoms with Gasteiger partial charge in [-0.15, -0.1) is 0 Å². The fourth-order valence-corrected chi connectivity index (χ4v) is 5.51. The number of rotatable bonds is 8. The van der Waals surface area contributed by atoms with Crippen LogP contribution in [0.3, 0.4) is 0 Å². The third-order valence-corrected chi connectivity index (χ3v) is 7.38. The van der Waals surface area contributed by atoms with Crippen LogP contribution in [0.1, 0.15) is 41.1 Å². The molecule has 5 rings (SSSR count). The number of methoxy groups -OCH3 is 1. The van der Waals surface area contributed by atoms with Gasteiger partial charge in [0.1, 0.15) is 11.6 Å². The van der Waals surface area contributed by atoms with E-state index in [0.717, 1.165) is 34.1 Å². The maximum absolute atomic E-state index is 13.3. The van der Waals surface area contributed by atoms with E-state index in [-0.39, 0.29) is 30.2 Å². The van der Waals surface area contributed by atoms with Crippen LogP contribution in [0.2, 0.25) is 0 Å². The number of pyridine rings is 1. The summed E-state index contributed by atoms with van der Waals surface area (Å²) in [5, 5.41) is 6.86. The van der Waals surface area contributed by atoms with Crippen molar-refractivity contribution in [3.63, 3.8) is 0 Å². The largest absolute Gasteiger partial charge is 0.497 e. The first-order chi connectivity index (χ1) is 18.9. The Morgan fingerprint density at radius 3 is 2.51 bits per heavy atom. The first-order valence-electron chi connectivity index (χ1n) is 12.7. The molecule has 0 radical (unpaired) electrons. The molecule has 0 bridgehead atoms. The highest BCUT2D eigenvalue weighted by molar-refractivity contribution is 7.80. The van der Waals surface area contributed by atoms with Crippen LogP contribution in [0.4, 0.5) is 10.1 Å². The molecule has 1 fully saturated rings. The number of hydrogen-bond acceptors (Lipinski definition) is 4. The summed E-state index contributed by atoms with van der Waals surface area (Å²) < 4.78 is 20.8. The number of hydrogen-bond donors (Lipinski definition) is 2. The molecule has 1 aliphatic rings. The number of thiocarbonyl (C=S) groups is 1. The highest BCUT2D eigenvalue weighted by Crippen LogP contribution is 2.41. The van der Waals surface area contributed by atoms with Gasteiger partial charge >= 0.3 is 0 Å². The highest BCUT2D eigenvalue weighted by Gasteiger charge is 2.41. The maximum Gasteiger partial charge on any atom is 0.226 e. The number of aromatic nitrogens is 2. The van der Waals surface area contributed by atoms with Gasteiger partial charge < -0.3 is 24.8 Å². The van der Waals surface area contributed by atoms with Crippen LogP contribution >= 0.6 is 12.2 Å².